The summed E-state index contributed by atoms with van der Waals surface area (Å²) in [7, 11) is 0. The summed E-state index contributed by atoms with van der Waals surface area (Å²) in [5, 5.41) is 7.95. The maximum atomic E-state index is 4.42. The molecule has 1 aromatic carbocycles. The van der Waals surface area contributed by atoms with Gasteiger partial charge in [-0.25, -0.2) is 4.98 Å². The van der Waals surface area contributed by atoms with Crippen molar-refractivity contribution in [3.05, 3.63) is 66.5 Å². The van der Waals surface area contributed by atoms with Gasteiger partial charge in [-0.05, 0) is 12.0 Å². The van der Waals surface area contributed by atoms with Crippen molar-refractivity contribution in [3.63, 3.8) is 0 Å². The summed E-state index contributed by atoms with van der Waals surface area (Å²) in [5.41, 5.74) is 2.30. The molecule has 0 bridgehead atoms. The van der Waals surface area contributed by atoms with Crippen molar-refractivity contribution in [3.8, 4) is 0 Å². The lowest BCUT2D eigenvalue weighted by Gasteiger charge is -2.10. The summed E-state index contributed by atoms with van der Waals surface area (Å²) >= 11 is 0. The Morgan fingerprint density at radius 2 is 2.14 bits per heavy atom. The molecule has 0 radical (unpaired) electrons. The van der Waals surface area contributed by atoms with E-state index in [4.69, 9.17) is 0 Å². The van der Waals surface area contributed by atoms with Crippen LogP contribution >= 0.6 is 0 Å². The van der Waals surface area contributed by atoms with Gasteiger partial charge in [0.1, 0.15) is 5.82 Å². The molecule has 5 nitrogen and oxygen atoms in total. The number of imidazole rings is 1. The van der Waals surface area contributed by atoms with E-state index in [2.05, 4.69) is 50.4 Å². The fourth-order valence-electron chi connectivity index (χ4n) is 2.85. The van der Waals surface area contributed by atoms with Crippen LogP contribution in [0.1, 0.15) is 23.9 Å². The van der Waals surface area contributed by atoms with Crippen LogP contribution in [0.25, 0.3) is 0 Å². The highest BCUT2D eigenvalue weighted by atomic mass is 15.3. The van der Waals surface area contributed by atoms with Crippen molar-refractivity contribution >= 4 is 5.69 Å². The highest BCUT2D eigenvalue weighted by Gasteiger charge is 2.23. The molecule has 0 saturated carbocycles. The second-order valence-electron chi connectivity index (χ2n) is 5.38. The molecule has 5 heteroatoms. The van der Waals surface area contributed by atoms with E-state index < -0.39 is 0 Å². The van der Waals surface area contributed by atoms with Crippen LogP contribution in [0.4, 0.5) is 5.69 Å². The molecule has 0 fully saturated rings. The number of aromatic nitrogens is 4. The largest absolute Gasteiger partial charge is 0.373 e. The second kappa shape index (κ2) is 5.09. The molecular formula is C16H17N5. The first kappa shape index (κ1) is 12.2. The molecule has 1 N–H and O–H groups in total. The van der Waals surface area contributed by atoms with Crippen molar-refractivity contribution < 1.29 is 0 Å². The molecule has 3 aromatic rings. The minimum absolute atomic E-state index is 0.286. The summed E-state index contributed by atoms with van der Waals surface area (Å²) < 4.78 is 4.16. The number of rotatable bonds is 4. The first-order valence-electron chi connectivity index (χ1n) is 7.22. The zero-order chi connectivity index (χ0) is 14.1. The van der Waals surface area contributed by atoms with Crippen LogP contribution < -0.4 is 5.32 Å². The first-order valence-corrected chi connectivity index (χ1v) is 7.22. The Bertz CT molecular complexity index is 728. The van der Waals surface area contributed by atoms with Gasteiger partial charge in [-0.1, -0.05) is 30.3 Å². The number of hydrogen-bond donors (Lipinski definition) is 1. The number of nitrogens with one attached hydrogen (secondary N) is 1. The van der Waals surface area contributed by atoms with E-state index >= 15 is 0 Å². The van der Waals surface area contributed by atoms with E-state index in [1.165, 1.54) is 5.56 Å². The Morgan fingerprint density at radius 3 is 3.05 bits per heavy atom. The molecule has 3 heterocycles. The molecule has 0 saturated heterocycles. The lowest BCUT2D eigenvalue weighted by Crippen LogP contribution is -2.07. The van der Waals surface area contributed by atoms with E-state index in [9.17, 15) is 0 Å². The lowest BCUT2D eigenvalue weighted by atomic mass is 10.2. The third kappa shape index (κ3) is 2.42. The molecular weight excluding hydrogens is 262 g/mol. The highest BCUT2D eigenvalue weighted by molar-refractivity contribution is 5.41. The zero-order valence-electron chi connectivity index (χ0n) is 11.7. The monoisotopic (exact) mass is 279 g/mol. The maximum absolute atomic E-state index is 4.42. The van der Waals surface area contributed by atoms with Gasteiger partial charge >= 0.3 is 0 Å². The van der Waals surface area contributed by atoms with Crippen molar-refractivity contribution in [2.75, 3.05) is 5.32 Å². The van der Waals surface area contributed by atoms with E-state index in [-0.39, 0.29) is 6.04 Å². The second-order valence-corrected chi connectivity index (χ2v) is 5.38. The van der Waals surface area contributed by atoms with Crippen LogP contribution in [-0.2, 0) is 13.1 Å². The SMILES string of the molecule is c1ccc(Cn2cc(NC3CCn4ccnc43)cn2)cc1. The molecule has 1 unspecified atom stereocenters. The fourth-order valence-corrected chi connectivity index (χ4v) is 2.85. The van der Waals surface area contributed by atoms with Crippen molar-refractivity contribution in [2.24, 2.45) is 0 Å². The molecule has 0 amide bonds. The number of nitrogens with zero attached hydrogens (tertiary/aromatic N) is 4. The van der Waals surface area contributed by atoms with E-state index in [1.54, 1.807) is 0 Å². The zero-order valence-corrected chi connectivity index (χ0v) is 11.7. The van der Waals surface area contributed by atoms with Crippen LogP contribution in [0.15, 0.2) is 55.1 Å². The number of benzene rings is 1. The van der Waals surface area contributed by atoms with Crippen LogP contribution in [-0.4, -0.2) is 19.3 Å². The molecule has 0 aliphatic carbocycles. The first-order chi connectivity index (χ1) is 10.4. The fraction of sp³-hybridized carbons (Fsp3) is 0.250. The number of aryl methyl sites for hydroxylation is 1. The van der Waals surface area contributed by atoms with E-state index in [1.807, 2.05) is 29.3 Å². The lowest BCUT2D eigenvalue weighted by molar-refractivity contribution is 0.686. The molecule has 2 aromatic heterocycles. The van der Waals surface area contributed by atoms with Gasteiger partial charge in [0.05, 0.1) is 24.5 Å². The third-order valence-electron chi connectivity index (χ3n) is 3.88. The van der Waals surface area contributed by atoms with Gasteiger partial charge < -0.3 is 9.88 Å². The molecule has 1 aliphatic heterocycles. The van der Waals surface area contributed by atoms with E-state index in [0.717, 1.165) is 31.0 Å². The summed E-state index contributed by atoms with van der Waals surface area (Å²) in [6, 6.07) is 10.6. The number of anilines is 1. The van der Waals surface area contributed by atoms with Gasteiger partial charge in [-0.2, -0.15) is 5.10 Å². The van der Waals surface area contributed by atoms with Gasteiger partial charge in [-0.3, -0.25) is 4.68 Å². The van der Waals surface area contributed by atoms with Crippen LogP contribution in [0.2, 0.25) is 0 Å². The van der Waals surface area contributed by atoms with Gasteiger partial charge in [0.15, 0.2) is 0 Å². The molecule has 0 spiro atoms. The normalized spacial score (nSPS) is 16.9. The topological polar surface area (TPSA) is 47.7 Å². The Hall–Kier alpha value is -2.56. The number of hydrogen-bond acceptors (Lipinski definition) is 3. The standard InChI is InChI=1S/C16H17N5/c1-2-4-13(5-3-1)11-21-12-14(10-18-21)19-15-6-8-20-9-7-17-16(15)20/h1-5,7,9-10,12,15,19H,6,8,11H2. The molecule has 106 valence electrons. The van der Waals surface area contributed by atoms with Crippen molar-refractivity contribution in [1.82, 2.24) is 19.3 Å². The van der Waals surface area contributed by atoms with Gasteiger partial charge in [0.2, 0.25) is 0 Å². The Kier molecular flexibility index (Phi) is 2.96. The van der Waals surface area contributed by atoms with Crippen LogP contribution in [0.5, 0.6) is 0 Å². The quantitative estimate of drug-likeness (QED) is 0.798. The molecule has 1 atom stereocenters. The summed E-state index contributed by atoms with van der Waals surface area (Å²) in [5.74, 6) is 1.12. The summed E-state index contributed by atoms with van der Waals surface area (Å²) in [6.45, 7) is 1.83. The van der Waals surface area contributed by atoms with Gasteiger partial charge in [0, 0.05) is 25.1 Å². The van der Waals surface area contributed by atoms with E-state index in [0.29, 0.717) is 0 Å². The molecule has 21 heavy (non-hydrogen) atoms. The summed E-state index contributed by atoms with van der Waals surface area (Å²) in [6.07, 6.45) is 8.91. The van der Waals surface area contributed by atoms with Crippen molar-refractivity contribution in [2.45, 2.75) is 25.6 Å². The number of fused-ring (bicyclic) bond motifs is 1. The van der Waals surface area contributed by atoms with Crippen LogP contribution in [0, 0.1) is 0 Å². The average Bonchev–Trinajstić information content (AvgIpc) is 3.20. The van der Waals surface area contributed by atoms with Gasteiger partial charge in [0.25, 0.3) is 0 Å². The third-order valence-corrected chi connectivity index (χ3v) is 3.88. The molecule has 4 rings (SSSR count). The maximum Gasteiger partial charge on any atom is 0.131 e. The Labute approximate surface area is 123 Å². The average molecular weight is 279 g/mol. The van der Waals surface area contributed by atoms with Crippen molar-refractivity contribution in [1.29, 1.82) is 0 Å². The van der Waals surface area contributed by atoms with Crippen LogP contribution in [0.3, 0.4) is 0 Å². The smallest absolute Gasteiger partial charge is 0.131 e. The van der Waals surface area contributed by atoms with Gasteiger partial charge in [-0.15, -0.1) is 0 Å². The minimum atomic E-state index is 0.286. The summed E-state index contributed by atoms with van der Waals surface area (Å²) in [4.78, 5) is 4.42. The Balaban J connectivity index is 1.46. The highest BCUT2D eigenvalue weighted by Crippen LogP contribution is 2.27. The predicted molar refractivity (Wildman–Crippen MR) is 81.0 cm³/mol. The minimum Gasteiger partial charge on any atom is -0.373 e. The predicted octanol–water partition coefficient (Wildman–Crippen LogP) is 2.68. The Morgan fingerprint density at radius 1 is 1.24 bits per heavy atom. The molecule has 1 aliphatic rings.